The number of halogens is 2. The normalized spacial score (nSPS) is 18.6. The largest absolute Gasteiger partial charge is 0.316 e. The summed E-state index contributed by atoms with van der Waals surface area (Å²) in [6, 6.07) is 0. The molecule has 0 fully saturated rings. The van der Waals surface area contributed by atoms with Crippen LogP contribution in [0.15, 0.2) is 4.99 Å². The van der Waals surface area contributed by atoms with Crippen LogP contribution in [0.1, 0.15) is 0 Å². The fourth-order valence-electron chi connectivity index (χ4n) is 0.415. The van der Waals surface area contributed by atoms with Gasteiger partial charge in [0.2, 0.25) is 0 Å². The maximum Gasteiger partial charge on any atom is 0.316 e. The molecule has 0 aromatic carbocycles. The highest BCUT2D eigenvalue weighted by Crippen LogP contribution is 2.06. The first kappa shape index (κ1) is 5.47. The SMILES string of the molecule is FC(F)N1[C]=NC[CH]1. The van der Waals surface area contributed by atoms with E-state index in [0.717, 1.165) is 0 Å². The third-order valence-electron chi connectivity index (χ3n) is 0.766. The standard InChI is InChI=1S/C4H4F2N2/c5-4(6)8-2-1-7-3-8/h2,4H,1H2. The van der Waals surface area contributed by atoms with Gasteiger partial charge in [0.05, 0.1) is 13.1 Å². The number of nitrogens with zero attached hydrogens (tertiary/aromatic N) is 2. The second-order valence-electron chi connectivity index (χ2n) is 1.31. The Kier molecular flexibility index (Phi) is 1.41. The molecule has 0 amide bonds. The predicted octanol–water partition coefficient (Wildman–Crippen LogP) is 0.592. The molecule has 0 bridgehead atoms. The van der Waals surface area contributed by atoms with Crippen LogP contribution in [0.3, 0.4) is 0 Å². The second-order valence-corrected chi connectivity index (χ2v) is 1.31. The van der Waals surface area contributed by atoms with Crippen molar-refractivity contribution in [3.63, 3.8) is 0 Å². The Bertz CT molecular complexity index is 102. The van der Waals surface area contributed by atoms with Crippen molar-refractivity contribution in [1.82, 2.24) is 4.90 Å². The molecule has 0 saturated heterocycles. The van der Waals surface area contributed by atoms with Crippen LogP contribution < -0.4 is 0 Å². The predicted molar refractivity (Wildman–Crippen MR) is 24.4 cm³/mol. The topological polar surface area (TPSA) is 15.6 Å². The molecule has 0 aromatic heterocycles. The van der Waals surface area contributed by atoms with Crippen LogP contribution in [0.4, 0.5) is 8.78 Å². The fraction of sp³-hybridized carbons (Fsp3) is 0.500. The number of alkyl halides is 2. The molecule has 0 spiro atoms. The van der Waals surface area contributed by atoms with E-state index in [0.29, 0.717) is 11.4 Å². The highest BCUT2D eigenvalue weighted by Gasteiger charge is 2.15. The zero-order valence-electron chi connectivity index (χ0n) is 4.01. The molecule has 0 aliphatic carbocycles. The lowest BCUT2D eigenvalue weighted by Crippen LogP contribution is -2.21. The molecule has 0 N–H and O–H groups in total. The molecule has 8 heavy (non-hydrogen) atoms. The summed E-state index contributed by atoms with van der Waals surface area (Å²) in [5, 5.41) is 0. The Labute approximate surface area is 45.8 Å². The molecule has 2 nitrogen and oxygen atoms in total. The molecule has 0 atom stereocenters. The molecule has 0 unspecified atom stereocenters. The van der Waals surface area contributed by atoms with Crippen LogP contribution in [0.25, 0.3) is 0 Å². The Morgan fingerprint density at radius 1 is 1.75 bits per heavy atom. The molecule has 4 heteroatoms. The molecule has 0 aromatic rings. The summed E-state index contributed by atoms with van der Waals surface area (Å²) in [6.07, 6.45) is 2.11. The minimum Gasteiger partial charge on any atom is -0.291 e. The summed E-state index contributed by atoms with van der Waals surface area (Å²) in [6.45, 7) is -0.879. The molecule has 44 valence electrons. The molecule has 0 saturated carbocycles. The Morgan fingerprint density at radius 2 is 2.50 bits per heavy atom. The number of hydrogen-bond donors (Lipinski definition) is 0. The van der Waals surface area contributed by atoms with Gasteiger partial charge >= 0.3 is 6.55 Å². The summed E-state index contributed by atoms with van der Waals surface area (Å²) < 4.78 is 23.0. The number of rotatable bonds is 1. The van der Waals surface area contributed by atoms with Gasteiger partial charge in [-0.3, -0.25) is 9.89 Å². The van der Waals surface area contributed by atoms with Crippen LogP contribution in [0, 0.1) is 6.54 Å². The van der Waals surface area contributed by atoms with Crippen molar-refractivity contribution in [2.75, 3.05) is 6.54 Å². The van der Waals surface area contributed by atoms with Gasteiger partial charge in [-0.2, -0.15) is 8.78 Å². The van der Waals surface area contributed by atoms with E-state index >= 15 is 0 Å². The lowest BCUT2D eigenvalue weighted by atomic mass is 10.6. The van der Waals surface area contributed by atoms with Gasteiger partial charge in [0, 0.05) is 0 Å². The average Bonchev–Trinajstić information content (AvgIpc) is 2.12. The van der Waals surface area contributed by atoms with E-state index in [1.165, 1.54) is 6.54 Å². The maximum absolute atomic E-state index is 11.5. The van der Waals surface area contributed by atoms with Crippen molar-refractivity contribution in [3.8, 4) is 0 Å². The van der Waals surface area contributed by atoms with Crippen LogP contribution in [-0.4, -0.2) is 24.3 Å². The van der Waals surface area contributed by atoms with Crippen molar-refractivity contribution >= 4 is 6.34 Å². The maximum atomic E-state index is 11.5. The average molecular weight is 118 g/mol. The number of aliphatic imine (C=N–C) groups is 1. The highest BCUT2D eigenvalue weighted by molar-refractivity contribution is 5.58. The minimum atomic E-state index is -2.48. The monoisotopic (exact) mass is 118 g/mol. The molecule has 1 heterocycles. The molecule has 1 rings (SSSR count). The highest BCUT2D eigenvalue weighted by atomic mass is 19.3. The zero-order valence-corrected chi connectivity index (χ0v) is 4.01. The van der Waals surface area contributed by atoms with Gasteiger partial charge in [0.25, 0.3) is 0 Å². The first-order valence-electron chi connectivity index (χ1n) is 2.12. The summed E-state index contributed by atoms with van der Waals surface area (Å²) in [5.74, 6) is 0. The third-order valence-corrected chi connectivity index (χ3v) is 0.766. The lowest BCUT2D eigenvalue weighted by Gasteiger charge is -2.08. The van der Waals surface area contributed by atoms with E-state index in [2.05, 4.69) is 11.3 Å². The Morgan fingerprint density at radius 3 is 2.75 bits per heavy atom. The van der Waals surface area contributed by atoms with E-state index in [1.807, 2.05) is 0 Å². The van der Waals surface area contributed by atoms with Crippen LogP contribution >= 0.6 is 0 Å². The molecule has 2 radical (unpaired) electrons. The summed E-state index contributed by atoms with van der Waals surface area (Å²) >= 11 is 0. The Hall–Kier alpha value is -0.670. The Balaban J connectivity index is 2.36. The fourth-order valence-corrected chi connectivity index (χ4v) is 0.415. The third kappa shape index (κ3) is 0.936. The summed E-state index contributed by atoms with van der Waals surface area (Å²) in [4.78, 5) is 4.08. The molecule has 1 aliphatic heterocycles. The van der Waals surface area contributed by atoms with Gasteiger partial charge in [0.1, 0.15) is 0 Å². The van der Waals surface area contributed by atoms with Gasteiger partial charge in [-0.25, -0.2) is 0 Å². The van der Waals surface area contributed by atoms with Gasteiger partial charge in [-0.15, -0.1) is 0 Å². The van der Waals surface area contributed by atoms with E-state index in [1.54, 1.807) is 0 Å². The van der Waals surface area contributed by atoms with Crippen molar-refractivity contribution in [3.05, 3.63) is 6.54 Å². The van der Waals surface area contributed by atoms with Gasteiger partial charge < -0.3 is 0 Å². The summed E-state index contributed by atoms with van der Waals surface area (Å²) in [5.41, 5.74) is 0. The van der Waals surface area contributed by atoms with E-state index < -0.39 is 6.55 Å². The first-order valence-corrected chi connectivity index (χ1v) is 2.12. The molecule has 1 aliphatic rings. The minimum absolute atomic E-state index is 0.324. The van der Waals surface area contributed by atoms with Gasteiger partial charge in [0.15, 0.2) is 6.34 Å². The van der Waals surface area contributed by atoms with Gasteiger partial charge in [-0.05, 0) is 0 Å². The molecular formula is C4H4F2N2. The number of hydrogen-bond acceptors (Lipinski definition) is 2. The van der Waals surface area contributed by atoms with Crippen LogP contribution in [-0.2, 0) is 0 Å². The smallest absolute Gasteiger partial charge is 0.291 e. The van der Waals surface area contributed by atoms with Crippen LogP contribution in [0.5, 0.6) is 0 Å². The summed E-state index contributed by atoms with van der Waals surface area (Å²) in [7, 11) is 0. The van der Waals surface area contributed by atoms with E-state index in [-0.39, 0.29) is 0 Å². The van der Waals surface area contributed by atoms with Crippen LogP contribution in [0.2, 0.25) is 0 Å². The quantitative estimate of drug-likeness (QED) is 0.460. The van der Waals surface area contributed by atoms with E-state index in [4.69, 9.17) is 0 Å². The van der Waals surface area contributed by atoms with Crippen molar-refractivity contribution in [1.29, 1.82) is 0 Å². The van der Waals surface area contributed by atoms with Gasteiger partial charge in [-0.1, -0.05) is 0 Å². The van der Waals surface area contributed by atoms with Crippen molar-refractivity contribution < 1.29 is 8.78 Å². The first-order chi connectivity index (χ1) is 3.80. The zero-order chi connectivity index (χ0) is 5.98. The second kappa shape index (κ2) is 2.07. The lowest BCUT2D eigenvalue weighted by molar-refractivity contribution is 0.0455. The molecular weight excluding hydrogens is 114 g/mol. The van der Waals surface area contributed by atoms with E-state index in [9.17, 15) is 8.78 Å². The van der Waals surface area contributed by atoms with Crippen molar-refractivity contribution in [2.45, 2.75) is 6.55 Å². The van der Waals surface area contributed by atoms with Crippen molar-refractivity contribution in [2.24, 2.45) is 4.99 Å².